The van der Waals surface area contributed by atoms with Gasteiger partial charge in [-0.25, -0.2) is 0 Å². The first kappa shape index (κ1) is 14.8. The number of hydrogen-bond donors (Lipinski definition) is 3. The molecular formula is C18H16N4O. The molecule has 0 saturated carbocycles. The lowest BCUT2D eigenvalue weighted by atomic mass is 10.0. The van der Waals surface area contributed by atoms with Gasteiger partial charge in [-0.05, 0) is 30.2 Å². The van der Waals surface area contributed by atoms with Gasteiger partial charge in [-0.3, -0.25) is 4.79 Å². The average molecular weight is 304 g/mol. The van der Waals surface area contributed by atoms with E-state index in [-0.39, 0.29) is 5.91 Å². The van der Waals surface area contributed by atoms with E-state index in [2.05, 4.69) is 10.3 Å². The Balaban J connectivity index is 1.74. The minimum Gasteiger partial charge on any atom is -0.361 e. The number of para-hydroxylation sites is 2. The number of nitrogens with zero attached hydrogens (tertiary/aromatic N) is 1. The minimum atomic E-state index is -0.694. The standard InChI is InChI=1S/C18H16N4O/c19-10-12-5-1-3-7-16(12)22-18(23)15(20)9-13-11-21-17-8-4-2-6-14(13)17/h1-8,11,15,21H,9,20H2,(H,22,23)/t15-/m0/s1. The zero-order valence-corrected chi connectivity index (χ0v) is 12.4. The number of aromatic amines is 1. The van der Waals surface area contributed by atoms with E-state index in [0.29, 0.717) is 17.7 Å². The van der Waals surface area contributed by atoms with Gasteiger partial charge in [0.25, 0.3) is 0 Å². The summed E-state index contributed by atoms with van der Waals surface area (Å²) in [5, 5.41) is 12.8. The first-order valence-electron chi connectivity index (χ1n) is 7.29. The number of fused-ring (bicyclic) bond motifs is 1. The van der Waals surface area contributed by atoms with E-state index < -0.39 is 6.04 Å². The van der Waals surface area contributed by atoms with Crippen molar-refractivity contribution in [3.63, 3.8) is 0 Å². The van der Waals surface area contributed by atoms with Gasteiger partial charge in [0.2, 0.25) is 5.91 Å². The molecule has 0 saturated heterocycles. The number of H-pyrrole nitrogens is 1. The molecule has 2 aromatic carbocycles. The van der Waals surface area contributed by atoms with E-state index >= 15 is 0 Å². The monoisotopic (exact) mass is 304 g/mol. The molecule has 0 unspecified atom stereocenters. The second kappa shape index (κ2) is 6.34. The summed E-state index contributed by atoms with van der Waals surface area (Å²) in [5.74, 6) is -0.307. The lowest BCUT2D eigenvalue weighted by Crippen LogP contribution is -2.37. The molecule has 0 aliphatic rings. The largest absolute Gasteiger partial charge is 0.361 e. The molecule has 1 atom stereocenters. The van der Waals surface area contributed by atoms with Crippen molar-refractivity contribution in [3.05, 3.63) is 65.9 Å². The smallest absolute Gasteiger partial charge is 0.241 e. The predicted octanol–water partition coefficient (Wildman–Crippen LogP) is 2.55. The Hall–Kier alpha value is -3.10. The van der Waals surface area contributed by atoms with Crippen molar-refractivity contribution in [2.75, 3.05) is 5.32 Å². The summed E-state index contributed by atoms with van der Waals surface area (Å²) < 4.78 is 0. The maximum atomic E-state index is 12.3. The molecule has 0 bridgehead atoms. The lowest BCUT2D eigenvalue weighted by Gasteiger charge is -2.12. The van der Waals surface area contributed by atoms with E-state index in [1.165, 1.54) is 0 Å². The molecule has 5 nitrogen and oxygen atoms in total. The lowest BCUT2D eigenvalue weighted by molar-refractivity contribution is -0.117. The van der Waals surface area contributed by atoms with E-state index in [1.807, 2.05) is 36.5 Å². The highest BCUT2D eigenvalue weighted by molar-refractivity contribution is 5.96. The van der Waals surface area contributed by atoms with Crippen LogP contribution >= 0.6 is 0 Å². The quantitative estimate of drug-likeness (QED) is 0.691. The van der Waals surface area contributed by atoms with Crippen LogP contribution in [0.5, 0.6) is 0 Å². The number of amides is 1. The van der Waals surface area contributed by atoms with Crippen LogP contribution in [0.15, 0.2) is 54.7 Å². The van der Waals surface area contributed by atoms with Crippen molar-refractivity contribution >= 4 is 22.5 Å². The van der Waals surface area contributed by atoms with Gasteiger partial charge in [0.1, 0.15) is 6.07 Å². The minimum absolute atomic E-state index is 0.307. The summed E-state index contributed by atoms with van der Waals surface area (Å²) in [7, 11) is 0. The third-order valence-electron chi connectivity index (χ3n) is 3.76. The third-order valence-corrected chi connectivity index (χ3v) is 3.76. The van der Waals surface area contributed by atoms with Gasteiger partial charge in [0, 0.05) is 17.1 Å². The number of nitrogens with one attached hydrogen (secondary N) is 2. The molecule has 0 aliphatic heterocycles. The maximum Gasteiger partial charge on any atom is 0.241 e. The van der Waals surface area contributed by atoms with Crippen molar-refractivity contribution in [1.82, 2.24) is 4.98 Å². The number of carbonyl (C=O) groups is 1. The predicted molar refractivity (Wildman–Crippen MR) is 89.8 cm³/mol. The third kappa shape index (κ3) is 3.07. The summed E-state index contributed by atoms with van der Waals surface area (Å²) in [6.07, 6.45) is 2.30. The summed E-state index contributed by atoms with van der Waals surface area (Å²) in [6.45, 7) is 0. The highest BCUT2D eigenvalue weighted by Crippen LogP contribution is 2.19. The molecule has 114 valence electrons. The molecule has 3 rings (SSSR count). The second-order valence-electron chi connectivity index (χ2n) is 5.32. The normalized spacial score (nSPS) is 11.8. The summed E-state index contributed by atoms with van der Waals surface area (Å²) >= 11 is 0. The van der Waals surface area contributed by atoms with Gasteiger partial charge in [-0.1, -0.05) is 30.3 Å². The van der Waals surface area contributed by atoms with E-state index in [1.54, 1.807) is 24.3 Å². The highest BCUT2D eigenvalue weighted by atomic mass is 16.2. The van der Waals surface area contributed by atoms with Crippen LogP contribution in [0, 0.1) is 11.3 Å². The number of anilines is 1. The second-order valence-corrected chi connectivity index (χ2v) is 5.32. The van der Waals surface area contributed by atoms with E-state index in [0.717, 1.165) is 16.5 Å². The van der Waals surface area contributed by atoms with Crippen LogP contribution in [0.1, 0.15) is 11.1 Å². The van der Waals surface area contributed by atoms with Crippen molar-refractivity contribution in [2.45, 2.75) is 12.5 Å². The molecule has 4 N–H and O–H groups in total. The number of rotatable bonds is 4. The molecule has 5 heteroatoms. The molecule has 1 heterocycles. The molecule has 1 amide bonds. The van der Waals surface area contributed by atoms with Crippen LogP contribution in [-0.2, 0) is 11.2 Å². The number of nitrogens with two attached hydrogens (primary N) is 1. The zero-order chi connectivity index (χ0) is 16.2. The summed E-state index contributed by atoms with van der Waals surface area (Å²) in [6, 6.07) is 16.1. The molecule has 0 spiro atoms. The Morgan fingerprint density at radius 1 is 1.22 bits per heavy atom. The van der Waals surface area contributed by atoms with Crippen molar-refractivity contribution < 1.29 is 4.79 Å². The molecule has 23 heavy (non-hydrogen) atoms. The molecule has 0 radical (unpaired) electrons. The first-order chi connectivity index (χ1) is 11.2. The van der Waals surface area contributed by atoms with Crippen molar-refractivity contribution in [3.8, 4) is 6.07 Å². The maximum absolute atomic E-state index is 12.3. The Morgan fingerprint density at radius 2 is 1.96 bits per heavy atom. The van der Waals surface area contributed by atoms with E-state index in [4.69, 9.17) is 11.0 Å². The fraction of sp³-hybridized carbons (Fsp3) is 0.111. The fourth-order valence-corrected chi connectivity index (χ4v) is 2.55. The summed E-state index contributed by atoms with van der Waals surface area (Å²) in [4.78, 5) is 15.5. The average Bonchev–Trinajstić information content (AvgIpc) is 2.98. The van der Waals surface area contributed by atoms with Crippen LogP contribution in [0.3, 0.4) is 0 Å². The molecule has 0 fully saturated rings. The fourth-order valence-electron chi connectivity index (χ4n) is 2.55. The highest BCUT2D eigenvalue weighted by Gasteiger charge is 2.17. The van der Waals surface area contributed by atoms with Crippen LogP contribution in [0.25, 0.3) is 10.9 Å². The van der Waals surface area contributed by atoms with Gasteiger partial charge in [-0.2, -0.15) is 5.26 Å². The number of aromatic nitrogens is 1. The van der Waals surface area contributed by atoms with Crippen molar-refractivity contribution in [1.29, 1.82) is 5.26 Å². The van der Waals surface area contributed by atoms with Gasteiger partial charge in [0.15, 0.2) is 0 Å². The van der Waals surface area contributed by atoms with Gasteiger partial charge < -0.3 is 16.0 Å². The van der Waals surface area contributed by atoms with Crippen LogP contribution in [0.2, 0.25) is 0 Å². The number of carbonyl (C=O) groups excluding carboxylic acids is 1. The van der Waals surface area contributed by atoms with Crippen LogP contribution in [-0.4, -0.2) is 16.9 Å². The molecular weight excluding hydrogens is 288 g/mol. The van der Waals surface area contributed by atoms with E-state index in [9.17, 15) is 4.79 Å². The topological polar surface area (TPSA) is 94.7 Å². The van der Waals surface area contributed by atoms with Crippen LogP contribution < -0.4 is 11.1 Å². The Bertz CT molecular complexity index is 891. The molecule has 3 aromatic rings. The number of benzene rings is 2. The van der Waals surface area contributed by atoms with Gasteiger partial charge in [-0.15, -0.1) is 0 Å². The Labute approximate surface area is 133 Å². The van der Waals surface area contributed by atoms with Crippen LogP contribution in [0.4, 0.5) is 5.69 Å². The zero-order valence-electron chi connectivity index (χ0n) is 12.4. The summed E-state index contributed by atoms with van der Waals surface area (Å²) in [5.41, 5.74) is 8.94. The number of hydrogen-bond acceptors (Lipinski definition) is 3. The first-order valence-corrected chi connectivity index (χ1v) is 7.29. The SMILES string of the molecule is N#Cc1ccccc1NC(=O)[C@@H](N)Cc1c[nH]c2ccccc12. The van der Waals surface area contributed by atoms with Crippen molar-refractivity contribution in [2.24, 2.45) is 5.73 Å². The molecule has 0 aliphatic carbocycles. The van der Waals surface area contributed by atoms with Gasteiger partial charge in [0.05, 0.1) is 17.3 Å². The number of nitriles is 1. The Morgan fingerprint density at radius 3 is 2.78 bits per heavy atom. The van der Waals surface area contributed by atoms with Gasteiger partial charge >= 0.3 is 0 Å². The Kier molecular flexibility index (Phi) is 4.09. The molecule has 1 aromatic heterocycles.